The lowest BCUT2D eigenvalue weighted by molar-refractivity contribution is 0.0698. The number of hydrogen-bond acceptors (Lipinski definition) is 4. The third-order valence-electron chi connectivity index (χ3n) is 2.64. The summed E-state index contributed by atoms with van der Waals surface area (Å²) in [5, 5.41) is 9.94. The van der Waals surface area contributed by atoms with E-state index in [0.29, 0.717) is 11.3 Å². The summed E-state index contributed by atoms with van der Waals surface area (Å²) in [4.78, 5) is 23.1. The fourth-order valence-electron chi connectivity index (χ4n) is 1.83. The summed E-state index contributed by atoms with van der Waals surface area (Å²) in [6, 6.07) is 2.19. The number of carboxylic acid groups (broad SMARTS) is 1. The number of H-pyrrole nitrogens is 1. The number of benzene rings is 1. The van der Waals surface area contributed by atoms with Crippen LogP contribution in [0.25, 0.3) is 21.7 Å². The maximum Gasteiger partial charge on any atom is 0.338 e. The molecule has 1 aromatic carbocycles. The van der Waals surface area contributed by atoms with E-state index < -0.39 is 11.8 Å². The number of thiazole rings is 1. The number of hydrogen-bond donors (Lipinski definition) is 2. The monoisotopic (exact) mass is 277 g/mol. The molecule has 0 spiro atoms. The minimum Gasteiger partial charge on any atom is -0.478 e. The zero-order chi connectivity index (χ0) is 13.6. The van der Waals surface area contributed by atoms with E-state index in [1.54, 1.807) is 6.20 Å². The molecule has 2 heterocycles. The fraction of sp³-hybridized carbons (Fsp3) is 0.0833. The van der Waals surface area contributed by atoms with Crippen molar-refractivity contribution in [2.75, 3.05) is 0 Å². The molecular weight excluding hydrogens is 269 g/mol. The second-order valence-corrected chi connectivity index (χ2v) is 5.22. The molecule has 0 bridgehead atoms. The first-order valence-electron chi connectivity index (χ1n) is 5.40. The maximum atomic E-state index is 13.4. The van der Waals surface area contributed by atoms with Crippen molar-refractivity contribution in [1.82, 2.24) is 15.0 Å². The molecule has 0 amide bonds. The van der Waals surface area contributed by atoms with Crippen LogP contribution in [-0.4, -0.2) is 26.0 Å². The second-order valence-electron chi connectivity index (χ2n) is 3.98. The van der Waals surface area contributed by atoms with E-state index in [9.17, 15) is 9.18 Å². The number of halogens is 1. The normalized spacial score (nSPS) is 11.1. The summed E-state index contributed by atoms with van der Waals surface area (Å²) in [7, 11) is 0. The molecule has 2 aromatic heterocycles. The van der Waals surface area contributed by atoms with Crippen LogP contribution in [0, 0.1) is 12.7 Å². The molecular formula is C12H8FN3O2S. The third kappa shape index (κ3) is 1.97. The number of aromatic amines is 1. The van der Waals surface area contributed by atoms with Crippen LogP contribution < -0.4 is 0 Å². The van der Waals surface area contributed by atoms with Crippen molar-refractivity contribution in [3.05, 3.63) is 34.7 Å². The molecule has 3 rings (SSSR count). The highest BCUT2D eigenvalue weighted by atomic mass is 32.1. The highest BCUT2D eigenvalue weighted by Crippen LogP contribution is 2.27. The molecule has 0 aliphatic carbocycles. The largest absolute Gasteiger partial charge is 0.478 e. The second kappa shape index (κ2) is 4.13. The lowest BCUT2D eigenvalue weighted by Gasteiger charge is -1.95. The van der Waals surface area contributed by atoms with Gasteiger partial charge in [-0.05, 0) is 19.1 Å². The lowest BCUT2D eigenvalue weighted by Crippen LogP contribution is -1.98. The standard InChI is InChI=1S/C12H8FN3O2S/c1-5-14-4-9(19-5)11-15-8-3-6(13)2-7(12(17)18)10(8)16-11/h2-4H,1H3,(H,15,16)(H,17,18). The first-order valence-corrected chi connectivity index (χ1v) is 6.21. The molecule has 0 aliphatic rings. The van der Waals surface area contributed by atoms with E-state index in [1.807, 2.05) is 6.92 Å². The molecule has 7 heteroatoms. The molecule has 2 N–H and O–H groups in total. The quantitative estimate of drug-likeness (QED) is 0.755. The van der Waals surface area contributed by atoms with Gasteiger partial charge in [-0.2, -0.15) is 0 Å². The van der Waals surface area contributed by atoms with Gasteiger partial charge in [0.1, 0.15) is 17.2 Å². The Morgan fingerprint density at radius 2 is 2.26 bits per heavy atom. The number of nitrogens with one attached hydrogen (secondary N) is 1. The molecule has 0 unspecified atom stereocenters. The van der Waals surface area contributed by atoms with Crippen molar-refractivity contribution in [3.63, 3.8) is 0 Å². The van der Waals surface area contributed by atoms with Crippen LogP contribution in [0.2, 0.25) is 0 Å². The van der Waals surface area contributed by atoms with Crippen LogP contribution >= 0.6 is 11.3 Å². The topological polar surface area (TPSA) is 78.9 Å². The van der Waals surface area contributed by atoms with Crippen LogP contribution in [-0.2, 0) is 0 Å². The Kier molecular flexibility index (Phi) is 2.56. The van der Waals surface area contributed by atoms with Crippen LogP contribution in [0.5, 0.6) is 0 Å². The number of aromatic nitrogens is 3. The van der Waals surface area contributed by atoms with E-state index in [2.05, 4.69) is 15.0 Å². The summed E-state index contributed by atoms with van der Waals surface area (Å²) in [6.45, 7) is 1.86. The Morgan fingerprint density at radius 3 is 2.89 bits per heavy atom. The van der Waals surface area contributed by atoms with Gasteiger partial charge < -0.3 is 10.1 Å². The Labute approximate surface area is 110 Å². The van der Waals surface area contributed by atoms with E-state index in [4.69, 9.17) is 5.11 Å². The van der Waals surface area contributed by atoms with Gasteiger partial charge in [-0.25, -0.2) is 19.2 Å². The molecule has 0 atom stereocenters. The van der Waals surface area contributed by atoms with Crippen molar-refractivity contribution in [3.8, 4) is 10.7 Å². The SMILES string of the molecule is Cc1ncc(-c2nc3c(C(=O)O)cc(F)cc3[nH]2)s1. The van der Waals surface area contributed by atoms with E-state index in [0.717, 1.165) is 16.0 Å². The number of aryl methyl sites for hydroxylation is 1. The Hall–Kier alpha value is -2.28. The molecule has 0 aliphatic heterocycles. The van der Waals surface area contributed by atoms with Crippen molar-refractivity contribution < 1.29 is 14.3 Å². The van der Waals surface area contributed by atoms with Gasteiger partial charge in [-0.1, -0.05) is 0 Å². The van der Waals surface area contributed by atoms with Gasteiger partial charge in [0, 0.05) is 6.20 Å². The number of imidazole rings is 1. The van der Waals surface area contributed by atoms with Crippen molar-refractivity contribution >= 4 is 28.3 Å². The van der Waals surface area contributed by atoms with E-state index in [1.165, 1.54) is 17.4 Å². The van der Waals surface area contributed by atoms with Gasteiger partial charge in [-0.15, -0.1) is 11.3 Å². The third-order valence-corrected chi connectivity index (χ3v) is 3.56. The van der Waals surface area contributed by atoms with Crippen molar-refractivity contribution in [1.29, 1.82) is 0 Å². The number of aromatic carboxylic acids is 1. The molecule has 5 nitrogen and oxygen atoms in total. The predicted octanol–water partition coefficient (Wildman–Crippen LogP) is 2.83. The highest BCUT2D eigenvalue weighted by Gasteiger charge is 2.16. The predicted molar refractivity (Wildman–Crippen MR) is 68.9 cm³/mol. The van der Waals surface area contributed by atoms with E-state index >= 15 is 0 Å². The van der Waals surface area contributed by atoms with Crippen LogP contribution in [0.3, 0.4) is 0 Å². The highest BCUT2D eigenvalue weighted by molar-refractivity contribution is 7.14. The van der Waals surface area contributed by atoms with E-state index in [-0.39, 0.29) is 11.1 Å². The minimum absolute atomic E-state index is 0.154. The first-order chi connectivity index (χ1) is 9.04. The summed E-state index contributed by atoms with van der Waals surface area (Å²) in [5.41, 5.74) is 0.451. The maximum absolute atomic E-state index is 13.4. The Morgan fingerprint density at radius 1 is 1.47 bits per heavy atom. The zero-order valence-electron chi connectivity index (χ0n) is 9.77. The van der Waals surface area contributed by atoms with Gasteiger partial charge in [0.2, 0.25) is 0 Å². The average molecular weight is 277 g/mol. The Bertz CT molecular complexity index is 793. The van der Waals surface area contributed by atoms with Crippen molar-refractivity contribution in [2.24, 2.45) is 0 Å². The number of carbonyl (C=O) groups is 1. The molecule has 96 valence electrons. The number of nitrogens with zero attached hydrogens (tertiary/aromatic N) is 2. The van der Waals surface area contributed by atoms with Crippen molar-refractivity contribution in [2.45, 2.75) is 6.92 Å². The molecule has 19 heavy (non-hydrogen) atoms. The smallest absolute Gasteiger partial charge is 0.338 e. The summed E-state index contributed by atoms with van der Waals surface area (Å²) < 4.78 is 13.4. The minimum atomic E-state index is -1.21. The van der Waals surface area contributed by atoms with Gasteiger partial charge >= 0.3 is 5.97 Å². The van der Waals surface area contributed by atoms with Gasteiger partial charge in [-0.3, -0.25) is 0 Å². The first kappa shape index (κ1) is 11.8. The summed E-state index contributed by atoms with van der Waals surface area (Å²) in [5.74, 6) is -1.32. The molecule has 0 fully saturated rings. The fourth-order valence-corrected chi connectivity index (χ4v) is 2.56. The molecule has 3 aromatic rings. The summed E-state index contributed by atoms with van der Waals surface area (Å²) in [6.07, 6.45) is 1.65. The van der Waals surface area contributed by atoms with Crippen LogP contribution in [0.1, 0.15) is 15.4 Å². The zero-order valence-corrected chi connectivity index (χ0v) is 10.6. The van der Waals surface area contributed by atoms with Crippen LogP contribution in [0.4, 0.5) is 4.39 Å². The van der Waals surface area contributed by atoms with Gasteiger partial charge in [0.25, 0.3) is 0 Å². The lowest BCUT2D eigenvalue weighted by atomic mass is 10.2. The molecule has 0 radical (unpaired) electrons. The van der Waals surface area contributed by atoms with Gasteiger partial charge in [0.05, 0.1) is 21.0 Å². The molecule has 0 saturated heterocycles. The Balaban J connectivity index is 2.25. The average Bonchev–Trinajstić information content (AvgIpc) is 2.93. The summed E-state index contributed by atoms with van der Waals surface area (Å²) >= 11 is 1.43. The van der Waals surface area contributed by atoms with Gasteiger partial charge in [0.15, 0.2) is 0 Å². The number of fused-ring (bicyclic) bond motifs is 1. The van der Waals surface area contributed by atoms with Crippen LogP contribution in [0.15, 0.2) is 18.3 Å². The molecule has 0 saturated carbocycles. The number of carboxylic acids is 1. The number of rotatable bonds is 2.